The van der Waals surface area contributed by atoms with Gasteiger partial charge in [-0.15, -0.1) is 0 Å². The number of aliphatic hydroxyl groups excluding tert-OH is 1. The van der Waals surface area contributed by atoms with Gasteiger partial charge in [-0.25, -0.2) is 0 Å². The van der Waals surface area contributed by atoms with Crippen LogP contribution < -0.4 is 0 Å². The van der Waals surface area contributed by atoms with Crippen LogP contribution in [0.5, 0.6) is 0 Å². The molecule has 0 aliphatic heterocycles. The van der Waals surface area contributed by atoms with Gasteiger partial charge < -0.3 is 14.8 Å². The molecule has 1 fully saturated rings. The van der Waals surface area contributed by atoms with Gasteiger partial charge in [0.05, 0.1) is 24.0 Å². The Bertz CT molecular complexity index is 514. The molecule has 5 heteroatoms. The van der Waals surface area contributed by atoms with Crippen molar-refractivity contribution in [2.75, 3.05) is 0 Å². The van der Waals surface area contributed by atoms with Crippen molar-refractivity contribution in [3.63, 3.8) is 0 Å². The van der Waals surface area contributed by atoms with E-state index in [9.17, 15) is 10.2 Å². The maximum absolute atomic E-state index is 10.0. The van der Waals surface area contributed by atoms with Crippen molar-refractivity contribution in [1.82, 2.24) is 14.3 Å². The Morgan fingerprint density at radius 3 is 2.67 bits per heavy atom. The fraction of sp³-hybridized carbons (Fsp3) is 0.462. The van der Waals surface area contributed by atoms with Crippen LogP contribution >= 0.6 is 0 Å². The van der Waals surface area contributed by atoms with E-state index in [-0.39, 0.29) is 0 Å². The van der Waals surface area contributed by atoms with Crippen LogP contribution in [0.25, 0.3) is 5.69 Å². The van der Waals surface area contributed by atoms with Gasteiger partial charge in [-0.1, -0.05) is 0 Å². The van der Waals surface area contributed by atoms with E-state index in [1.807, 2.05) is 35.3 Å². The SMILES string of the molecule is OC(Cn1cc(-n2cccc2)cn1)C1(O)CCC1. The summed E-state index contributed by atoms with van der Waals surface area (Å²) >= 11 is 0. The van der Waals surface area contributed by atoms with Gasteiger partial charge in [-0.2, -0.15) is 5.10 Å². The van der Waals surface area contributed by atoms with Gasteiger partial charge in [0.1, 0.15) is 6.10 Å². The molecule has 18 heavy (non-hydrogen) atoms. The van der Waals surface area contributed by atoms with Crippen molar-refractivity contribution in [3.8, 4) is 5.69 Å². The highest BCUT2D eigenvalue weighted by atomic mass is 16.3. The summed E-state index contributed by atoms with van der Waals surface area (Å²) in [6, 6.07) is 3.90. The number of aromatic nitrogens is 3. The molecule has 0 amide bonds. The molecule has 1 aliphatic rings. The lowest BCUT2D eigenvalue weighted by Gasteiger charge is -2.40. The van der Waals surface area contributed by atoms with Crippen molar-refractivity contribution in [2.45, 2.75) is 37.5 Å². The molecule has 0 radical (unpaired) electrons. The number of hydrogen-bond acceptors (Lipinski definition) is 3. The lowest BCUT2D eigenvalue weighted by atomic mass is 9.76. The van der Waals surface area contributed by atoms with Gasteiger partial charge in [0.25, 0.3) is 0 Å². The molecule has 5 nitrogen and oxygen atoms in total. The summed E-state index contributed by atoms with van der Waals surface area (Å²) in [7, 11) is 0. The number of aliphatic hydroxyl groups is 2. The molecule has 1 aliphatic carbocycles. The molecule has 2 heterocycles. The highest BCUT2D eigenvalue weighted by Gasteiger charge is 2.41. The summed E-state index contributed by atoms with van der Waals surface area (Å²) in [5, 5.41) is 24.2. The Kier molecular flexibility index (Phi) is 2.72. The average Bonchev–Trinajstić information content (AvgIpc) is 2.94. The minimum absolute atomic E-state index is 0.331. The van der Waals surface area contributed by atoms with Crippen molar-refractivity contribution in [2.24, 2.45) is 0 Å². The molecule has 0 bridgehead atoms. The lowest BCUT2D eigenvalue weighted by Crippen LogP contribution is -2.50. The van der Waals surface area contributed by atoms with Crippen LogP contribution in [0.1, 0.15) is 19.3 Å². The first kappa shape index (κ1) is 11.5. The average molecular weight is 247 g/mol. The molecule has 2 aromatic heterocycles. The van der Waals surface area contributed by atoms with Crippen molar-refractivity contribution < 1.29 is 10.2 Å². The summed E-state index contributed by atoms with van der Waals surface area (Å²) in [6.45, 7) is 0.331. The van der Waals surface area contributed by atoms with Gasteiger partial charge in [-0.3, -0.25) is 4.68 Å². The molecular formula is C13H17N3O2. The zero-order valence-electron chi connectivity index (χ0n) is 10.1. The molecule has 0 spiro atoms. The Morgan fingerprint density at radius 2 is 2.06 bits per heavy atom. The van der Waals surface area contributed by atoms with Crippen LogP contribution in [0.15, 0.2) is 36.9 Å². The van der Waals surface area contributed by atoms with E-state index in [0.717, 1.165) is 12.1 Å². The van der Waals surface area contributed by atoms with E-state index in [0.29, 0.717) is 19.4 Å². The fourth-order valence-corrected chi connectivity index (χ4v) is 2.31. The lowest BCUT2D eigenvalue weighted by molar-refractivity contribution is -0.131. The molecule has 2 N–H and O–H groups in total. The van der Waals surface area contributed by atoms with Crippen molar-refractivity contribution >= 4 is 0 Å². The van der Waals surface area contributed by atoms with E-state index in [2.05, 4.69) is 5.10 Å². The van der Waals surface area contributed by atoms with Crippen LogP contribution in [-0.4, -0.2) is 36.3 Å². The van der Waals surface area contributed by atoms with Gasteiger partial charge >= 0.3 is 0 Å². The van der Waals surface area contributed by atoms with E-state index >= 15 is 0 Å². The maximum atomic E-state index is 10.0. The zero-order valence-corrected chi connectivity index (χ0v) is 10.1. The first-order chi connectivity index (χ1) is 8.67. The van der Waals surface area contributed by atoms with E-state index < -0.39 is 11.7 Å². The molecular weight excluding hydrogens is 230 g/mol. The quantitative estimate of drug-likeness (QED) is 0.845. The molecule has 1 atom stereocenters. The highest BCUT2D eigenvalue weighted by Crippen LogP contribution is 2.35. The van der Waals surface area contributed by atoms with Gasteiger partial charge in [0.2, 0.25) is 0 Å². The first-order valence-corrected chi connectivity index (χ1v) is 6.24. The molecule has 2 aromatic rings. The molecule has 1 unspecified atom stereocenters. The Balaban J connectivity index is 1.70. The maximum Gasteiger partial charge on any atom is 0.102 e. The number of nitrogens with zero attached hydrogens (tertiary/aromatic N) is 3. The largest absolute Gasteiger partial charge is 0.388 e. The first-order valence-electron chi connectivity index (χ1n) is 6.24. The fourth-order valence-electron chi connectivity index (χ4n) is 2.31. The molecule has 0 saturated heterocycles. The molecule has 0 aromatic carbocycles. The minimum Gasteiger partial charge on any atom is -0.388 e. The zero-order chi connectivity index (χ0) is 12.6. The van der Waals surface area contributed by atoms with E-state index in [4.69, 9.17) is 0 Å². The van der Waals surface area contributed by atoms with Crippen LogP contribution in [0.4, 0.5) is 0 Å². The van der Waals surface area contributed by atoms with Gasteiger partial charge in [-0.05, 0) is 31.4 Å². The number of rotatable bonds is 4. The summed E-state index contributed by atoms with van der Waals surface area (Å²) in [5.41, 5.74) is 0.0485. The van der Waals surface area contributed by atoms with Gasteiger partial charge in [0, 0.05) is 18.6 Å². The summed E-state index contributed by atoms with van der Waals surface area (Å²) in [6.07, 6.45) is 9.10. The highest BCUT2D eigenvalue weighted by molar-refractivity contribution is 5.26. The van der Waals surface area contributed by atoms with Crippen LogP contribution in [0, 0.1) is 0 Å². The third-order valence-electron chi connectivity index (χ3n) is 3.72. The second kappa shape index (κ2) is 4.26. The number of hydrogen-bond donors (Lipinski definition) is 2. The topological polar surface area (TPSA) is 63.2 Å². The predicted molar refractivity (Wildman–Crippen MR) is 66.4 cm³/mol. The van der Waals surface area contributed by atoms with Crippen molar-refractivity contribution in [1.29, 1.82) is 0 Å². The van der Waals surface area contributed by atoms with E-state index in [1.54, 1.807) is 10.9 Å². The second-order valence-corrected chi connectivity index (χ2v) is 4.98. The summed E-state index contributed by atoms with van der Waals surface area (Å²) in [5.74, 6) is 0. The second-order valence-electron chi connectivity index (χ2n) is 4.98. The third-order valence-corrected chi connectivity index (χ3v) is 3.72. The molecule has 96 valence electrons. The molecule has 1 saturated carbocycles. The standard InChI is InChI=1S/C13H17N3O2/c17-12(13(18)4-3-5-13)10-16-9-11(8-14-16)15-6-1-2-7-15/h1-2,6-9,12,17-18H,3-5,10H2. The molecule has 3 rings (SSSR count). The van der Waals surface area contributed by atoms with Crippen LogP contribution in [0.3, 0.4) is 0 Å². The summed E-state index contributed by atoms with van der Waals surface area (Å²) < 4.78 is 3.63. The van der Waals surface area contributed by atoms with Crippen LogP contribution in [0.2, 0.25) is 0 Å². The van der Waals surface area contributed by atoms with Crippen molar-refractivity contribution in [3.05, 3.63) is 36.9 Å². The smallest absolute Gasteiger partial charge is 0.102 e. The normalized spacial score (nSPS) is 19.4. The third kappa shape index (κ3) is 1.95. The Labute approximate surface area is 105 Å². The summed E-state index contributed by atoms with van der Waals surface area (Å²) in [4.78, 5) is 0. The Hall–Kier alpha value is -1.59. The predicted octanol–water partition coefficient (Wildman–Crippen LogP) is 0.950. The van der Waals surface area contributed by atoms with Gasteiger partial charge in [0.15, 0.2) is 0 Å². The van der Waals surface area contributed by atoms with Crippen LogP contribution in [-0.2, 0) is 6.54 Å². The Morgan fingerprint density at radius 1 is 1.33 bits per heavy atom. The minimum atomic E-state index is -0.903. The van der Waals surface area contributed by atoms with E-state index in [1.165, 1.54) is 0 Å². The monoisotopic (exact) mass is 247 g/mol.